The molecule has 0 spiro atoms. The summed E-state index contributed by atoms with van der Waals surface area (Å²) in [5, 5.41) is 7.68. The number of nitriles is 1. The normalized spacial score (nSPS) is 19.3. The van der Waals surface area contributed by atoms with Gasteiger partial charge in [0, 0.05) is 13.1 Å². The Hall–Kier alpha value is -0.600. The van der Waals surface area contributed by atoms with Gasteiger partial charge in [-0.2, -0.15) is 5.26 Å². The number of nitrogens with zero attached hydrogens (tertiary/aromatic N) is 2. The van der Waals surface area contributed by atoms with E-state index in [1.165, 1.54) is 11.2 Å². The lowest BCUT2D eigenvalue weighted by molar-refractivity contribution is 0.409. The van der Waals surface area contributed by atoms with E-state index in [0.29, 0.717) is 19.0 Å². The van der Waals surface area contributed by atoms with Gasteiger partial charge in [0.25, 0.3) is 0 Å². The van der Waals surface area contributed by atoms with Crippen LogP contribution >= 0.6 is 0 Å². The van der Waals surface area contributed by atoms with Crippen LogP contribution in [0.1, 0.15) is 26.7 Å². The predicted molar refractivity (Wildman–Crippen MR) is 54.0 cm³/mol. The summed E-state index contributed by atoms with van der Waals surface area (Å²) >= 11 is 0. The third-order valence-corrected chi connectivity index (χ3v) is 4.63. The Morgan fingerprint density at radius 3 is 2.50 bits per heavy atom. The van der Waals surface area contributed by atoms with Gasteiger partial charge in [-0.25, -0.2) is 12.7 Å². The molecule has 1 fully saturated rings. The van der Waals surface area contributed by atoms with E-state index in [1.807, 2.05) is 6.92 Å². The summed E-state index contributed by atoms with van der Waals surface area (Å²) in [6.07, 6.45) is 2.24. The van der Waals surface area contributed by atoms with Gasteiger partial charge >= 0.3 is 0 Å². The molecule has 0 saturated heterocycles. The van der Waals surface area contributed by atoms with E-state index in [4.69, 9.17) is 5.26 Å². The minimum Gasteiger partial charge on any atom is -0.211 e. The second-order valence-electron chi connectivity index (χ2n) is 3.71. The fourth-order valence-electron chi connectivity index (χ4n) is 1.29. The molecule has 1 atom stereocenters. The van der Waals surface area contributed by atoms with Crippen molar-refractivity contribution >= 4 is 10.0 Å². The molecule has 0 N–H and O–H groups in total. The van der Waals surface area contributed by atoms with E-state index in [9.17, 15) is 8.42 Å². The zero-order valence-corrected chi connectivity index (χ0v) is 9.42. The second-order valence-corrected chi connectivity index (χ2v) is 5.96. The van der Waals surface area contributed by atoms with E-state index >= 15 is 0 Å². The molecule has 1 aliphatic carbocycles. The lowest BCUT2D eigenvalue weighted by atomic mass is 10.4. The highest BCUT2D eigenvalue weighted by atomic mass is 32.2. The Kier molecular flexibility index (Phi) is 3.51. The van der Waals surface area contributed by atoms with Crippen molar-refractivity contribution in [3.8, 4) is 6.07 Å². The third kappa shape index (κ3) is 2.46. The lowest BCUT2D eigenvalue weighted by Gasteiger charge is -2.21. The molecule has 0 heterocycles. The molecule has 0 radical (unpaired) electrons. The smallest absolute Gasteiger partial charge is 0.211 e. The first-order valence-corrected chi connectivity index (χ1v) is 6.41. The molecule has 14 heavy (non-hydrogen) atoms. The van der Waals surface area contributed by atoms with Crippen LogP contribution in [0.4, 0.5) is 0 Å². The van der Waals surface area contributed by atoms with Crippen LogP contribution in [-0.2, 0) is 10.0 Å². The van der Waals surface area contributed by atoms with E-state index in [1.54, 1.807) is 6.07 Å². The van der Waals surface area contributed by atoms with Gasteiger partial charge in [0.1, 0.15) is 0 Å². The van der Waals surface area contributed by atoms with Crippen LogP contribution < -0.4 is 0 Å². The first kappa shape index (κ1) is 11.5. The maximum absolute atomic E-state index is 11.8. The minimum atomic E-state index is -3.38. The van der Waals surface area contributed by atoms with Gasteiger partial charge in [0.2, 0.25) is 10.0 Å². The van der Waals surface area contributed by atoms with E-state index in [2.05, 4.69) is 0 Å². The van der Waals surface area contributed by atoms with Crippen molar-refractivity contribution in [2.24, 2.45) is 5.92 Å². The Morgan fingerprint density at radius 2 is 2.14 bits per heavy atom. The quantitative estimate of drug-likeness (QED) is 0.687. The summed E-state index contributed by atoms with van der Waals surface area (Å²) in [6, 6.07) is 1.78. The SMILES string of the molecule is CCN(CC1CC1)S(=O)(=O)C(C)C#N. The van der Waals surface area contributed by atoms with E-state index in [-0.39, 0.29) is 0 Å². The standard InChI is InChI=1S/C9H16N2O2S/c1-3-11(7-9-4-5-9)14(12,13)8(2)6-10/h8-9H,3-5,7H2,1-2H3. The molecule has 0 amide bonds. The van der Waals surface area contributed by atoms with Crippen LogP contribution in [0.2, 0.25) is 0 Å². The van der Waals surface area contributed by atoms with Gasteiger partial charge in [-0.05, 0) is 25.7 Å². The van der Waals surface area contributed by atoms with Crippen molar-refractivity contribution in [2.75, 3.05) is 13.1 Å². The number of sulfonamides is 1. The Morgan fingerprint density at radius 1 is 1.57 bits per heavy atom. The third-order valence-electron chi connectivity index (χ3n) is 2.50. The Labute approximate surface area is 85.6 Å². The zero-order valence-electron chi connectivity index (χ0n) is 8.60. The molecule has 1 aliphatic rings. The van der Waals surface area contributed by atoms with Crippen LogP contribution in [0, 0.1) is 17.2 Å². The molecule has 5 heteroatoms. The van der Waals surface area contributed by atoms with Crippen molar-refractivity contribution in [2.45, 2.75) is 31.9 Å². The predicted octanol–water partition coefficient (Wildman–Crippen LogP) is 0.960. The van der Waals surface area contributed by atoms with E-state index < -0.39 is 15.3 Å². The fourth-order valence-corrected chi connectivity index (χ4v) is 2.65. The molecule has 0 aromatic rings. The second kappa shape index (κ2) is 4.28. The largest absolute Gasteiger partial charge is 0.230 e. The molecule has 0 aromatic heterocycles. The summed E-state index contributed by atoms with van der Waals surface area (Å²) in [6.45, 7) is 4.30. The summed E-state index contributed by atoms with van der Waals surface area (Å²) in [4.78, 5) is 0. The highest BCUT2D eigenvalue weighted by molar-refractivity contribution is 7.89. The molecule has 0 bridgehead atoms. The number of hydrogen-bond donors (Lipinski definition) is 0. The molecule has 1 unspecified atom stereocenters. The Bertz CT molecular complexity index is 327. The maximum Gasteiger partial charge on any atom is 0.230 e. The molecular formula is C9H16N2O2S. The van der Waals surface area contributed by atoms with Crippen LogP contribution in [0.15, 0.2) is 0 Å². The first-order valence-electron chi connectivity index (χ1n) is 4.91. The van der Waals surface area contributed by atoms with Crippen molar-refractivity contribution in [1.29, 1.82) is 5.26 Å². The van der Waals surface area contributed by atoms with Crippen molar-refractivity contribution < 1.29 is 8.42 Å². The van der Waals surface area contributed by atoms with Crippen LogP contribution in [0.5, 0.6) is 0 Å². The molecule has 0 aromatic carbocycles. The molecule has 1 rings (SSSR count). The average Bonchev–Trinajstić information content (AvgIpc) is 2.95. The van der Waals surface area contributed by atoms with Crippen LogP contribution in [0.3, 0.4) is 0 Å². The summed E-state index contributed by atoms with van der Waals surface area (Å²) < 4.78 is 24.9. The summed E-state index contributed by atoms with van der Waals surface area (Å²) in [5.74, 6) is 0.524. The van der Waals surface area contributed by atoms with Crippen molar-refractivity contribution in [1.82, 2.24) is 4.31 Å². The molecule has 4 nitrogen and oxygen atoms in total. The first-order chi connectivity index (χ1) is 6.52. The molecular weight excluding hydrogens is 200 g/mol. The minimum absolute atomic E-state index is 0.463. The Balaban J connectivity index is 2.71. The number of rotatable bonds is 5. The lowest BCUT2D eigenvalue weighted by Crippen LogP contribution is -2.38. The van der Waals surface area contributed by atoms with Gasteiger partial charge in [-0.3, -0.25) is 0 Å². The van der Waals surface area contributed by atoms with Gasteiger partial charge in [-0.15, -0.1) is 0 Å². The monoisotopic (exact) mass is 216 g/mol. The molecule has 1 saturated carbocycles. The zero-order chi connectivity index (χ0) is 10.8. The van der Waals surface area contributed by atoms with Gasteiger partial charge in [0.15, 0.2) is 5.25 Å². The average molecular weight is 216 g/mol. The van der Waals surface area contributed by atoms with Gasteiger partial charge in [0.05, 0.1) is 6.07 Å². The fraction of sp³-hybridized carbons (Fsp3) is 0.889. The van der Waals surface area contributed by atoms with Gasteiger partial charge in [-0.1, -0.05) is 6.92 Å². The van der Waals surface area contributed by atoms with E-state index in [0.717, 1.165) is 12.8 Å². The molecule has 80 valence electrons. The van der Waals surface area contributed by atoms with Crippen LogP contribution in [0.25, 0.3) is 0 Å². The summed E-state index contributed by atoms with van der Waals surface area (Å²) in [5.41, 5.74) is 0. The van der Waals surface area contributed by atoms with Crippen molar-refractivity contribution in [3.05, 3.63) is 0 Å². The maximum atomic E-state index is 11.8. The molecule has 0 aliphatic heterocycles. The summed E-state index contributed by atoms with van der Waals surface area (Å²) in [7, 11) is -3.38. The van der Waals surface area contributed by atoms with Crippen molar-refractivity contribution in [3.63, 3.8) is 0 Å². The topological polar surface area (TPSA) is 61.2 Å². The highest BCUT2D eigenvalue weighted by Gasteiger charge is 2.32. The van der Waals surface area contributed by atoms with Gasteiger partial charge < -0.3 is 0 Å². The number of hydrogen-bond acceptors (Lipinski definition) is 3. The highest BCUT2D eigenvalue weighted by Crippen LogP contribution is 2.30. The van der Waals surface area contributed by atoms with Crippen LogP contribution in [-0.4, -0.2) is 31.1 Å².